The first kappa shape index (κ1) is 17.0. The summed E-state index contributed by atoms with van der Waals surface area (Å²) < 4.78 is 31.7. The number of benzene rings is 2. The van der Waals surface area contributed by atoms with Crippen LogP contribution in [0.5, 0.6) is 5.75 Å². The van der Waals surface area contributed by atoms with Crippen molar-refractivity contribution in [2.45, 2.75) is 13.0 Å². The predicted molar refractivity (Wildman–Crippen MR) is 86.1 cm³/mol. The molecule has 7 heteroatoms. The third-order valence-corrected chi connectivity index (χ3v) is 3.41. The molecule has 0 radical (unpaired) electrons. The number of carbonyl (C=O) groups excluding carboxylic acids is 1. The van der Waals surface area contributed by atoms with Crippen molar-refractivity contribution in [3.05, 3.63) is 53.1 Å². The molecule has 0 heterocycles. The Kier molecular flexibility index (Phi) is 5.39. The van der Waals surface area contributed by atoms with Crippen molar-refractivity contribution in [3.8, 4) is 5.75 Å². The van der Waals surface area contributed by atoms with Gasteiger partial charge in [0.2, 0.25) is 5.91 Å². The Balaban J connectivity index is 2.05. The number of nitrogens with one attached hydrogen (secondary N) is 2. The number of rotatable bonds is 5. The number of carbonyl (C=O) groups is 1. The Morgan fingerprint density at radius 2 is 1.96 bits per heavy atom. The van der Waals surface area contributed by atoms with E-state index in [-0.39, 0.29) is 5.69 Å². The van der Waals surface area contributed by atoms with Gasteiger partial charge in [-0.2, -0.15) is 0 Å². The van der Waals surface area contributed by atoms with Crippen LogP contribution < -0.4 is 15.4 Å². The van der Waals surface area contributed by atoms with Crippen LogP contribution in [0.3, 0.4) is 0 Å². The van der Waals surface area contributed by atoms with E-state index in [9.17, 15) is 13.6 Å². The van der Waals surface area contributed by atoms with Gasteiger partial charge < -0.3 is 15.4 Å². The summed E-state index contributed by atoms with van der Waals surface area (Å²) in [6.07, 6.45) is 0. The van der Waals surface area contributed by atoms with Crippen LogP contribution in [0.25, 0.3) is 0 Å². The van der Waals surface area contributed by atoms with Crippen LogP contribution in [0.4, 0.5) is 20.2 Å². The highest BCUT2D eigenvalue weighted by Crippen LogP contribution is 2.27. The zero-order valence-corrected chi connectivity index (χ0v) is 13.2. The molecule has 1 atom stereocenters. The normalized spacial score (nSPS) is 11.7. The maximum atomic E-state index is 13.5. The molecular weight excluding hydrogens is 326 g/mol. The highest BCUT2D eigenvalue weighted by atomic mass is 35.5. The molecular formula is C16H15ClF2N2O2. The number of anilines is 2. The van der Waals surface area contributed by atoms with Crippen molar-refractivity contribution in [3.63, 3.8) is 0 Å². The lowest BCUT2D eigenvalue weighted by molar-refractivity contribution is -0.116. The van der Waals surface area contributed by atoms with Crippen molar-refractivity contribution < 1.29 is 18.3 Å². The lowest BCUT2D eigenvalue weighted by Crippen LogP contribution is -2.32. The van der Waals surface area contributed by atoms with E-state index in [0.717, 1.165) is 18.2 Å². The van der Waals surface area contributed by atoms with Gasteiger partial charge in [-0.15, -0.1) is 0 Å². The number of amides is 1. The number of hydrogen-bond donors (Lipinski definition) is 2. The first-order valence-corrected chi connectivity index (χ1v) is 7.14. The summed E-state index contributed by atoms with van der Waals surface area (Å²) in [6.45, 7) is 1.59. The summed E-state index contributed by atoms with van der Waals surface area (Å²) in [5.41, 5.74) is 0.384. The van der Waals surface area contributed by atoms with E-state index < -0.39 is 23.6 Å². The van der Waals surface area contributed by atoms with Crippen molar-refractivity contribution in [2.24, 2.45) is 0 Å². The van der Waals surface area contributed by atoms with Gasteiger partial charge >= 0.3 is 0 Å². The average molecular weight is 341 g/mol. The van der Waals surface area contributed by atoms with Gasteiger partial charge in [-0.3, -0.25) is 4.79 Å². The summed E-state index contributed by atoms with van der Waals surface area (Å²) in [7, 11) is 1.50. The number of hydrogen-bond acceptors (Lipinski definition) is 3. The second-order valence-electron chi connectivity index (χ2n) is 4.83. The lowest BCUT2D eigenvalue weighted by atomic mass is 10.2. The van der Waals surface area contributed by atoms with Crippen molar-refractivity contribution in [1.82, 2.24) is 0 Å². The van der Waals surface area contributed by atoms with Crippen LogP contribution >= 0.6 is 11.6 Å². The summed E-state index contributed by atoms with van der Waals surface area (Å²) in [6, 6.07) is 7.11. The van der Waals surface area contributed by atoms with E-state index in [1.165, 1.54) is 7.11 Å². The fourth-order valence-electron chi connectivity index (χ4n) is 1.91. The van der Waals surface area contributed by atoms with E-state index >= 15 is 0 Å². The maximum Gasteiger partial charge on any atom is 0.246 e. The van der Waals surface area contributed by atoms with E-state index in [0.29, 0.717) is 16.5 Å². The van der Waals surface area contributed by atoms with Gasteiger partial charge in [0.1, 0.15) is 23.4 Å². The molecule has 2 N–H and O–H groups in total. The second kappa shape index (κ2) is 7.28. The van der Waals surface area contributed by atoms with Crippen LogP contribution in [0.2, 0.25) is 5.02 Å². The van der Waals surface area contributed by atoms with Crippen LogP contribution in [-0.2, 0) is 4.79 Å². The predicted octanol–water partition coefficient (Wildman–Crippen LogP) is 4.07. The minimum atomic E-state index is -0.709. The number of methoxy groups -OCH3 is 1. The van der Waals surface area contributed by atoms with Crippen molar-refractivity contribution in [2.75, 3.05) is 17.7 Å². The van der Waals surface area contributed by atoms with Gasteiger partial charge in [0, 0.05) is 11.8 Å². The molecule has 0 aliphatic rings. The third kappa shape index (κ3) is 4.32. The van der Waals surface area contributed by atoms with Crippen LogP contribution in [0, 0.1) is 11.6 Å². The molecule has 0 aromatic heterocycles. The zero-order valence-electron chi connectivity index (χ0n) is 12.5. The molecule has 0 saturated carbocycles. The van der Waals surface area contributed by atoms with Gasteiger partial charge in [-0.25, -0.2) is 8.78 Å². The third-order valence-electron chi connectivity index (χ3n) is 3.11. The highest BCUT2D eigenvalue weighted by Gasteiger charge is 2.15. The van der Waals surface area contributed by atoms with Crippen molar-refractivity contribution >= 4 is 28.9 Å². The van der Waals surface area contributed by atoms with Gasteiger partial charge in [0.15, 0.2) is 0 Å². The largest absolute Gasteiger partial charge is 0.495 e. The monoisotopic (exact) mass is 340 g/mol. The molecule has 1 amide bonds. The summed E-state index contributed by atoms with van der Waals surface area (Å²) >= 11 is 6.00. The second-order valence-corrected chi connectivity index (χ2v) is 5.24. The number of halogens is 3. The van der Waals surface area contributed by atoms with Gasteiger partial charge in [0.05, 0.1) is 17.8 Å². The standard InChI is InChI=1S/C16H15ClF2N2O2/c1-9(20-11-4-6-15(23-2)12(17)8-11)16(22)21-14-7-10(18)3-5-13(14)19/h3-9,20H,1-2H3,(H,21,22)/t9-/m1/s1. The Hall–Kier alpha value is -2.34. The van der Waals surface area contributed by atoms with Gasteiger partial charge in [-0.1, -0.05) is 11.6 Å². The average Bonchev–Trinajstić information content (AvgIpc) is 2.51. The van der Waals surface area contributed by atoms with Gasteiger partial charge in [0.25, 0.3) is 0 Å². The van der Waals surface area contributed by atoms with Gasteiger partial charge in [-0.05, 0) is 37.3 Å². The molecule has 0 fully saturated rings. The molecule has 0 unspecified atom stereocenters. The maximum absolute atomic E-state index is 13.5. The van der Waals surface area contributed by atoms with Crippen LogP contribution in [0.15, 0.2) is 36.4 Å². The fourth-order valence-corrected chi connectivity index (χ4v) is 2.16. The summed E-state index contributed by atoms with van der Waals surface area (Å²) in [5, 5.41) is 5.64. The minimum Gasteiger partial charge on any atom is -0.495 e. The minimum absolute atomic E-state index is 0.212. The quantitative estimate of drug-likeness (QED) is 0.862. The Morgan fingerprint density at radius 3 is 2.61 bits per heavy atom. The Labute approximate surface area is 137 Å². The Morgan fingerprint density at radius 1 is 1.22 bits per heavy atom. The van der Waals surface area contributed by atoms with E-state index in [2.05, 4.69) is 10.6 Å². The molecule has 2 aromatic carbocycles. The molecule has 0 aliphatic heterocycles. The smallest absolute Gasteiger partial charge is 0.246 e. The first-order valence-electron chi connectivity index (χ1n) is 6.76. The zero-order chi connectivity index (χ0) is 17.0. The SMILES string of the molecule is COc1ccc(N[C@H](C)C(=O)Nc2cc(F)ccc2F)cc1Cl. The molecule has 4 nitrogen and oxygen atoms in total. The highest BCUT2D eigenvalue weighted by molar-refractivity contribution is 6.32. The molecule has 0 saturated heterocycles. The molecule has 2 aromatic rings. The molecule has 0 bridgehead atoms. The van der Waals surface area contributed by atoms with E-state index in [1.807, 2.05) is 0 Å². The lowest BCUT2D eigenvalue weighted by Gasteiger charge is -2.16. The topological polar surface area (TPSA) is 50.4 Å². The first-order chi connectivity index (χ1) is 10.9. The fraction of sp³-hybridized carbons (Fsp3) is 0.188. The van der Waals surface area contributed by atoms with Crippen molar-refractivity contribution in [1.29, 1.82) is 0 Å². The molecule has 0 spiro atoms. The van der Waals surface area contributed by atoms with E-state index in [1.54, 1.807) is 25.1 Å². The molecule has 0 aliphatic carbocycles. The Bertz CT molecular complexity index is 725. The number of ether oxygens (including phenoxy) is 1. The molecule has 2 rings (SSSR count). The summed E-state index contributed by atoms with van der Waals surface area (Å²) in [5.74, 6) is -1.35. The van der Waals surface area contributed by atoms with Crippen LogP contribution in [-0.4, -0.2) is 19.1 Å². The van der Waals surface area contributed by atoms with Crippen LogP contribution in [0.1, 0.15) is 6.92 Å². The summed E-state index contributed by atoms with van der Waals surface area (Å²) in [4.78, 5) is 12.1. The molecule has 23 heavy (non-hydrogen) atoms. The molecule has 122 valence electrons. The van der Waals surface area contributed by atoms with E-state index in [4.69, 9.17) is 16.3 Å².